The van der Waals surface area contributed by atoms with Crippen LogP contribution in [0.5, 0.6) is 0 Å². The summed E-state index contributed by atoms with van der Waals surface area (Å²) in [5.41, 5.74) is 3.55. The van der Waals surface area contributed by atoms with Gasteiger partial charge in [-0.3, -0.25) is 4.79 Å². The molecule has 0 spiro atoms. The molecule has 108 valence electrons. The predicted molar refractivity (Wildman–Crippen MR) is 84.2 cm³/mol. The molecule has 2 aromatic rings. The fraction of sp³-hybridized carbons (Fsp3) is 0.316. The lowest BCUT2D eigenvalue weighted by Crippen LogP contribution is -2.25. The molecule has 0 saturated heterocycles. The van der Waals surface area contributed by atoms with Gasteiger partial charge < -0.3 is 5.11 Å². The number of carbonyl (C=O) groups is 1. The van der Waals surface area contributed by atoms with Gasteiger partial charge in [0.05, 0.1) is 5.92 Å². The summed E-state index contributed by atoms with van der Waals surface area (Å²) in [6, 6.07) is 18.7. The first kappa shape index (κ1) is 13.9. The van der Waals surface area contributed by atoms with E-state index in [-0.39, 0.29) is 11.8 Å². The van der Waals surface area contributed by atoms with Gasteiger partial charge >= 0.3 is 5.97 Å². The minimum atomic E-state index is -0.646. The number of hydrogen-bond donors (Lipinski definition) is 1. The molecule has 0 aromatic heterocycles. The Hall–Kier alpha value is -2.09. The van der Waals surface area contributed by atoms with E-state index < -0.39 is 5.97 Å². The van der Waals surface area contributed by atoms with E-state index in [9.17, 15) is 9.90 Å². The highest BCUT2D eigenvalue weighted by atomic mass is 16.4. The summed E-state index contributed by atoms with van der Waals surface area (Å²) < 4.78 is 0. The van der Waals surface area contributed by atoms with Crippen LogP contribution in [0.4, 0.5) is 0 Å². The summed E-state index contributed by atoms with van der Waals surface area (Å²) in [5.74, 6) is -0.700. The molecular formula is C19H20O2. The van der Waals surface area contributed by atoms with Gasteiger partial charge in [-0.2, -0.15) is 0 Å². The molecule has 0 radical (unpaired) electrons. The van der Waals surface area contributed by atoms with Crippen LogP contribution < -0.4 is 0 Å². The number of carboxylic acid groups (broad SMARTS) is 1. The highest BCUT2D eigenvalue weighted by Crippen LogP contribution is 2.38. The van der Waals surface area contributed by atoms with Gasteiger partial charge in [0.25, 0.3) is 0 Å². The lowest BCUT2D eigenvalue weighted by atomic mass is 9.75. The van der Waals surface area contributed by atoms with Crippen LogP contribution in [0.1, 0.15) is 37.2 Å². The number of benzene rings is 2. The SMILES string of the molecule is O=C(O)C1CCCCC1c1ccc(-c2ccccc2)cc1. The molecule has 2 unspecified atom stereocenters. The van der Waals surface area contributed by atoms with Crippen LogP contribution in [0, 0.1) is 5.92 Å². The zero-order valence-corrected chi connectivity index (χ0v) is 12.0. The Morgan fingerprint density at radius 2 is 1.48 bits per heavy atom. The van der Waals surface area contributed by atoms with Crippen molar-refractivity contribution in [2.75, 3.05) is 0 Å². The van der Waals surface area contributed by atoms with Crippen molar-refractivity contribution in [1.29, 1.82) is 0 Å². The topological polar surface area (TPSA) is 37.3 Å². The van der Waals surface area contributed by atoms with E-state index in [1.807, 2.05) is 18.2 Å². The van der Waals surface area contributed by atoms with Crippen molar-refractivity contribution in [3.05, 3.63) is 60.2 Å². The molecule has 2 nitrogen and oxygen atoms in total. The van der Waals surface area contributed by atoms with Crippen molar-refractivity contribution >= 4 is 5.97 Å². The van der Waals surface area contributed by atoms with Crippen molar-refractivity contribution in [1.82, 2.24) is 0 Å². The van der Waals surface area contributed by atoms with E-state index in [1.54, 1.807) is 0 Å². The third-order valence-electron chi connectivity index (χ3n) is 4.53. The molecule has 1 N–H and O–H groups in total. The van der Waals surface area contributed by atoms with Crippen molar-refractivity contribution in [3.63, 3.8) is 0 Å². The van der Waals surface area contributed by atoms with Crippen molar-refractivity contribution in [2.24, 2.45) is 5.92 Å². The van der Waals surface area contributed by atoms with Gasteiger partial charge in [0, 0.05) is 0 Å². The van der Waals surface area contributed by atoms with Crippen LogP contribution >= 0.6 is 0 Å². The molecule has 21 heavy (non-hydrogen) atoms. The third kappa shape index (κ3) is 2.99. The van der Waals surface area contributed by atoms with Gasteiger partial charge in [-0.15, -0.1) is 0 Å². The fourth-order valence-electron chi connectivity index (χ4n) is 3.38. The Labute approximate surface area is 125 Å². The Bertz CT molecular complexity index is 601. The maximum atomic E-state index is 11.4. The van der Waals surface area contributed by atoms with E-state index in [0.29, 0.717) is 0 Å². The van der Waals surface area contributed by atoms with E-state index >= 15 is 0 Å². The van der Waals surface area contributed by atoms with Gasteiger partial charge in [0.1, 0.15) is 0 Å². The van der Waals surface area contributed by atoms with Crippen LogP contribution in [-0.4, -0.2) is 11.1 Å². The molecule has 0 bridgehead atoms. The zero-order chi connectivity index (χ0) is 14.7. The fourth-order valence-corrected chi connectivity index (χ4v) is 3.38. The Morgan fingerprint density at radius 3 is 2.14 bits per heavy atom. The van der Waals surface area contributed by atoms with Crippen molar-refractivity contribution in [3.8, 4) is 11.1 Å². The molecule has 2 heteroatoms. The maximum Gasteiger partial charge on any atom is 0.307 e. The summed E-state index contributed by atoms with van der Waals surface area (Å²) in [4.78, 5) is 11.4. The number of aliphatic carboxylic acids is 1. The molecule has 1 aliphatic rings. The lowest BCUT2D eigenvalue weighted by Gasteiger charge is -2.29. The van der Waals surface area contributed by atoms with Gasteiger partial charge in [-0.1, -0.05) is 67.4 Å². The largest absolute Gasteiger partial charge is 0.481 e. The standard InChI is InChI=1S/C19H20O2/c20-19(21)18-9-5-4-8-17(18)16-12-10-15(11-13-16)14-6-2-1-3-7-14/h1-3,6-7,10-13,17-18H,4-5,8-9H2,(H,20,21). The molecule has 0 amide bonds. The van der Waals surface area contributed by atoms with Crippen LogP contribution in [-0.2, 0) is 4.79 Å². The second-order valence-corrected chi connectivity index (χ2v) is 5.82. The van der Waals surface area contributed by atoms with Crippen LogP contribution in [0.3, 0.4) is 0 Å². The van der Waals surface area contributed by atoms with Crippen LogP contribution in [0.15, 0.2) is 54.6 Å². The predicted octanol–water partition coefficient (Wildman–Crippen LogP) is 4.71. The summed E-state index contributed by atoms with van der Waals surface area (Å²) >= 11 is 0. The van der Waals surface area contributed by atoms with Gasteiger partial charge in [-0.25, -0.2) is 0 Å². The quantitative estimate of drug-likeness (QED) is 0.884. The molecule has 2 atom stereocenters. The maximum absolute atomic E-state index is 11.4. The molecule has 0 heterocycles. The Morgan fingerprint density at radius 1 is 0.857 bits per heavy atom. The summed E-state index contributed by atoms with van der Waals surface area (Å²) in [6.07, 6.45) is 3.96. The molecule has 1 aliphatic carbocycles. The molecule has 2 aromatic carbocycles. The smallest absolute Gasteiger partial charge is 0.307 e. The van der Waals surface area contributed by atoms with E-state index in [1.165, 1.54) is 16.7 Å². The molecule has 0 aliphatic heterocycles. The average Bonchev–Trinajstić information content (AvgIpc) is 2.56. The summed E-state index contributed by atoms with van der Waals surface area (Å²) in [6.45, 7) is 0. The van der Waals surface area contributed by atoms with Crippen molar-refractivity contribution in [2.45, 2.75) is 31.6 Å². The first-order chi connectivity index (χ1) is 10.3. The third-order valence-corrected chi connectivity index (χ3v) is 4.53. The Balaban J connectivity index is 1.85. The monoisotopic (exact) mass is 280 g/mol. The van der Waals surface area contributed by atoms with Crippen LogP contribution in [0.25, 0.3) is 11.1 Å². The summed E-state index contributed by atoms with van der Waals surface area (Å²) in [5, 5.41) is 9.40. The number of carboxylic acids is 1. The van der Waals surface area contributed by atoms with Gasteiger partial charge in [-0.05, 0) is 35.4 Å². The van der Waals surface area contributed by atoms with Gasteiger partial charge in [0.2, 0.25) is 0 Å². The van der Waals surface area contributed by atoms with Crippen molar-refractivity contribution < 1.29 is 9.90 Å². The molecule has 1 saturated carbocycles. The summed E-state index contributed by atoms with van der Waals surface area (Å²) in [7, 11) is 0. The van der Waals surface area contributed by atoms with Crippen LogP contribution in [0.2, 0.25) is 0 Å². The highest BCUT2D eigenvalue weighted by Gasteiger charge is 2.31. The second-order valence-electron chi connectivity index (χ2n) is 5.82. The number of hydrogen-bond acceptors (Lipinski definition) is 1. The normalized spacial score (nSPS) is 21.9. The molecule has 3 rings (SSSR count). The van der Waals surface area contributed by atoms with Gasteiger partial charge in [0.15, 0.2) is 0 Å². The number of rotatable bonds is 3. The molecule has 1 fully saturated rings. The second kappa shape index (κ2) is 6.13. The first-order valence-corrected chi connectivity index (χ1v) is 7.64. The molecular weight excluding hydrogens is 260 g/mol. The van der Waals surface area contributed by atoms with E-state index in [0.717, 1.165) is 25.7 Å². The zero-order valence-electron chi connectivity index (χ0n) is 12.0. The lowest BCUT2D eigenvalue weighted by molar-refractivity contribution is -0.143. The van der Waals surface area contributed by atoms with E-state index in [2.05, 4.69) is 36.4 Å². The highest BCUT2D eigenvalue weighted by molar-refractivity contribution is 5.72. The average molecular weight is 280 g/mol. The minimum absolute atomic E-state index is 0.168. The minimum Gasteiger partial charge on any atom is -0.481 e. The van der Waals surface area contributed by atoms with E-state index in [4.69, 9.17) is 0 Å². The Kier molecular flexibility index (Phi) is 4.05. The first-order valence-electron chi connectivity index (χ1n) is 7.64.